The summed E-state index contributed by atoms with van der Waals surface area (Å²) in [5.74, 6) is 0. The first-order chi connectivity index (χ1) is 6.33. The van der Waals surface area contributed by atoms with E-state index in [0.29, 0.717) is 5.57 Å². The molecule has 1 heteroatoms. The Morgan fingerprint density at radius 3 is 2.92 bits per heavy atom. The zero-order chi connectivity index (χ0) is 9.68. The largest absolute Gasteiger partial charge is 0.298 e. The van der Waals surface area contributed by atoms with E-state index in [9.17, 15) is 4.79 Å². The fraction of sp³-hybridized carbons (Fsp3) is 0.0833. The Balaban J connectivity index is 3.24. The molecule has 0 heterocycles. The van der Waals surface area contributed by atoms with Gasteiger partial charge < -0.3 is 0 Å². The summed E-state index contributed by atoms with van der Waals surface area (Å²) in [6.07, 6.45) is 7.79. The molecule has 0 spiro atoms. The molecule has 0 bridgehead atoms. The smallest absolute Gasteiger partial charge is 0.151 e. The van der Waals surface area contributed by atoms with Crippen molar-refractivity contribution in [2.75, 3.05) is 0 Å². The molecule has 0 atom stereocenters. The van der Waals surface area contributed by atoms with Crippen LogP contribution < -0.4 is 0 Å². The number of hydrogen-bond acceptors (Lipinski definition) is 1. The topological polar surface area (TPSA) is 17.1 Å². The molecule has 0 N–H and O–H groups in total. The van der Waals surface area contributed by atoms with Crippen LogP contribution in [-0.2, 0) is 4.79 Å². The van der Waals surface area contributed by atoms with E-state index in [1.807, 2.05) is 13.0 Å². The van der Waals surface area contributed by atoms with Crippen molar-refractivity contribution in [3.63, 3.8) is 0 Å². The first kappa shape index (κ1) is 9.28. The van der Waals surface area contributed by atoms with Crippen LogP contribution in [0.2, 0.25) is 0 Å². The molecule has 0 aromatic carbocycles. The van der Waals surface area contributed by atoms with Crippen LogP contribution in [-0.4, -0.2) is 6.29 Å². The van der Waals surface area contributed by atoms with Gasteiger partial charge in [0.1, 0.15) is 0 Å². The molecular weight excluding hydrogens is 160 g/mol. The highest BCUT2D eigenvalue weighted by molar-refractivity contribution is 5.84. The minimum atomic E-state index is 0.617. The highest BCUT2D eigenvalue weighted by Gasteiger charge is 2.06. The summed E-state index contributed by atoms with van der Waals surface area (Å²) >= 11 is 0. The van der Waals surface area contributed by atoms with Gasteiger partial charge in [-0.2, -0.15) is 0 Å². The third kappa shape index (κ3) is 1.86. The third-order valence-corrected chi connectivity index (χ3v) is 1.78. The van der Waals surface area contributed by atoms with Gasteiger partial charge in [0.2, 0.25) is 0 Å². The number of carbonyl (C=O) groups excluding carboxylic acids is 1. The van der Waals surface area contributed by atoms with Crippen molar-refractivity contribution in [2.24, 2.45) is 0 Å². The lowest BCUT2D eigenvalue weighted by Crippen LogP contribution is -1.93. The molecular formula is C12H10O. The highest BCUT2D eigenvalue weighted by atomic mass is 16.1. The number of aldehydes is 1. The summed E-state index contributed by atoms with van der Waals surface area (Å²) in [6.45, 7) is 5.56. The SMILES string of the molecule is C=C/C(=C\C)C1=C=C=CC=C1C=O. The summed E-state index contributed by atoms with van der Waals surface area (Å²) < 4.78 is 0. The Hall–Kier alpha value is -1.81. The Morgan fingerprint density at radius 1 is 1.62 bits per heavy atom. The van der Waals surface area contributed by atoms with Crippen LogP contribution in [0.3, 0.4) is 0 Å². The average Bonchev–Trinajstić information content (AvgIpc) is 2.20. The molecule has 1 aliphatic carbocycles. The van der Waals surface area contributed by atoms with E-state index in [0.717, 1.165) is 17.4 Å². The van der Waals surface area contributed by atoms with Gasteiger partial charge in [-0.3, -0.25) is 4.79 Å². The van der Waals surface area contributed by atoms with Crippen LogP contribution in [0.4, 0.5) is 0 Å². The molecule has 0 saturated carbocycles. The maximum absolute atomic E-state index is 10.7. The van der Waals surface area contributed by atoms with Crippen LogP contribution >= 0.6 is 0 Å². The molecule has 1 aliphatic rings. The summed E-state index contributed by atoms with van der Waals surface area (Å²) in [5.41, 5.74) is 7.98. The zero-order valence-electron chi connectivity index (χ0n) is 7.50. The predicted octanol–water partition coefficient (Wildman–Crippen LogP) is 2.49. The monoisotopic (exact) mass is 170 g/mol. The van der Waals surface area contributed by atoms with Crippen molar-refractivity contribution >= 4 is 6.29 Å². The van der Waals surface area contributed by atoms with Gasteiger partial charge in [-0.1, -0.05) is 30.2 Å². The molecule has 0 fully saturated rings. The minimum Gasteiger partial charge on any atom is -0.298 e. The summed E-state index contributed by atoms with van der Waals surface area (Å²) in [6, 6.07) is 0. The second kappa shape index (κ2) is 4.27. The molecule has 0 aliphatic heterocycles. The van der Waals surface area contributed by atoms with E-state index in [1.165, 1.54) is 0 Å². The van der Waals surface area contributed by atoms with Gasteiger partial charge in [0.15, 0.2) is 6.29 Å². The Morgan fingerprint density at radius 2 is 2.38 bits per heavy atom. The van der Waals surface area contributed by atoms with Gasteiger partial charge in [0, 0.05) is 11.1 Å². The molecule has 0 aromatic heterocycles. The van der Waals surface area contributed by atoms with Crippen molar-refractivity contribution < 1.29 is 4.79 Å². The summed E-state index contributed by atoms with van der Waals surface area (Å²) in [7, 11) is 0. The maximum Gasteiger partial charge on any atom is 0.151 e. The molecule has 1 nitrogen and oxygen atoms in total. The van der Waals surface area contributed by atoms with E-state index in [4.69, 9.17) is 0 Å². The number of rotatable bonds is 3. The van der Waals surface area contributed by atoms with Crippen LogP contribution in [0, 0.1) is 0 Å². The second-order valence-electron chi connectivity index (χ2n) is 2.50. The molecule has 0 unspecified atom stereocenters. The van der Waals surface area contributed by atoms with Crippen molar-refractivity contribution in [1.82, 2.24) is 0 Å². The Bertz CT molecular complexity index is 393. The fourth-order valence-corrected chi connectivity index (χ4v) is 1.10. The second-order valence-corrected chi connectivity index (χ2v) is 2.50. The molecule has 64 valence electrons. The standard InChI is InChI=1S/C12H10O/c1-3-10(4-2)12-8-6-5-7-11(12)9-13/h3-5,7,9H,1H2,2H3/b10-4+. The summed E-state index contributed by atoms with van der Waals surface area (Å²) in [5, 5.41) is 0. The lowest BCUT2D eigenvalue weighted by Gasteiger charge is -2.04. The van der Waals surface area contributed by atoms with Crippen LogP contribution in [0.25, 0.3) is 0 Å². The van der Waals surface area contributed by atoms with Crippen molar-refractivity contribution in [3.05, 3.63) is 59.1 Å². The first-order valence-corrected chi connectivity index (χ1v) is 4.00. The molecule has 0 amide bonds. The van der Waals surface area contributed by atoms with Gasteiger partial charge in [-0.25, -0.2) is 0 Å². The van der Waals surface area contributed by atoms with Crippen LogP contribution in [0.5, 0.6) is 0 Å². The number of hydrogen-bond donors (Lipinski definition) is 0. The van der Waals surface area contributed by atoms with E-state index in [1.54, 1.807) is 18.2 Å². The van der Waals surface area contributed by atoms with Crippen molar-refractivity contribution in [3.8, 4) is 0 Å². The van der Waals surface area contributed by atoms with Gasteiger partial charge in [0.25, 0.3) is 0 Å². The predicted molar refractivity (Wildman–Crippen MR) is 53.2 cm³/mol. The fourth-order valence-electron chi connectivity index (χ4n) is 1.10. The van der Waals surface area contributed by atoms with Gasteiger partial charge >= 0.3 is 0 Å². The zero-order valence-corrected chi connectivity index (χ0v) is 7.50. The summed E-state index contributed by atoms with van der Waals surface area (Å²) in [4.78, 5) is 10.7. The van der Waals surface area contributed by atoms with Crippen LogP contribution in [0.1, 0.15) is 6.92 Å². The average molecular weight is 170 g/mol. The van der Waals surface area contributed by atoms with Crippen molar-refractivity contribution in [2.45, 2.75) is 6.92 Å². The Labute approximate surface area is 77.8 Å². The van der Waals surface area contributed by atoms with Gasteiger partial charge in [-0.05, 0) is 24.6 Å². The number of carbonyl (C=O) groups is 1. The molecule has 0 aromatic rings. The third-order valence-electron chi connectivity index (χ3n) is 1.78. The van der Waals surface area contributed by atoms with E-state index >= 15 is 0 Å². The van der Waals surface area contributed by atoms with E-state index < -0.39 is 0 Å². The normalized spacial score (nSPS) is 15.0. The van der Waals surface area contributed by atoms with Gasteiger partial charge in [0.05, 0.1) is 0 Å². The first-order valence-electron chi connectivity index (χ1n) is 4.00. The lowest BCUT2D eigenvalue weighted by molar-refractivity contribution is -0.104. The highest BCUT2D eigenvalue weighted by Crippen LogP contribution is 2.19. The molecule has 0 radical (unpaired) electrons. The van der Waals surface area contributed by atoms with Crippen LogP contribution in [0.15, 0.2) is 59.1 Å². The lowest BCUT2D eigenvalue weighted by atomic mass is 9.97. The number of allylic oxidation sites excluding steroid dienone is 7. The van der Waals surface area contributed by atoms with E-state index in [2.05, 4.69) is 18.0 Å². The molecule has 13 heavy (non-hydrogen) atoms. The molecule has 0 saturated heterocycles. The molecule has 1 rings (SSSR count). The Kier molecular flexibility index (Phi) is 3.05. The van der Waals surface area contributed by atoms with E-state index in [-0.39, 0.29) is 0 Å². The quantitative estimate of drug-likeness (QED) is 0.361. The minimum absolute atomic E-state index is 0.617. The van der Waals surface area contributed by atoms with Gasteiger partial charge in [-0.15, -0.1) is 0 Å². The maximum atomic E-state index is 10.7. The van der Waals surface area contributed by atoms with Crippen molar-refractivity contribution in [1.29, 1.82) is 0 Å².